The number of nitrogens with zero attached hydrogens (tertiary/aromatic N) is 5. The summed E-state index contributed by atoms with van der Waals surface area (Å²) in [4.78, 5) is 19.7. The number of benzene rings is 4. The number of hydrogen-bond acceptors (Lipinski definition) is 21. The van der Waals surface area contributed by atoms with Crippen molar-refractivity contribution in [2.75, 3.05) is 35.3 Å². The smallest absolute Gasteiger partial charge is 0.286 e. The SMILES string of the molecule is CC#N.C[C@H](N=CC[PH+](C1CCCCC1)C1CCCCC1)c1ccccc1.C[C@H](N=CC[PH+](C1CCCCC1)C1CCCCC1)c1ccccc1.C[C@H](N=CC[PH+](C1CCCCC1)C1CCCCC1)c1ccccc1.C[C@H](N=CC[PH+](C1CCCCC1)C1CCCCC1)c1ccccc1.ClCCl.ClCCl.[Ni+2].[Ni+2].[O-][Cl+3]([O-])([O-])[O-].[O-][Cl+3]([O-])([O-])[O-].[O-][Cl+3]([O-])([O-])[O-].[O-][Cl+3]([O-])([O-])[O-]. The number of halogens is 8. The second-order valence-corrected chi connectivity index (χ2v) is 50.8. The van der Waals surface area contributed by atoms with Gasteiger partial charge >= 0.3 is 33.0 Å². The molecule has 0 N–H and O–H groups in total. The van der Waals surface area contributed by atoms with Crippen molar-refractivity contribution in [3.63, 3.8) is 0 Å². The molecule has 12 rings (SSSR count). The summed E-state index contributed by atoms with van der Waals surface area (Å²) in [5.41, 5.74) is 14.0. The molecule has 4 aromatic rings. The second-order valence-electron chi connectivity index (χ2n) is 33.4. The summed E-state index contributed by atoms with van der Waals surface area (Å²) in [7, 11) is -20.9. The predicted octanol–water partition coefficient (Wildman–Crippen LogP) is 11.1. The molecule has 4 aromatic carbocycles. The first kappa shape index (κ1) is 126. The van der Waals surface area contributed by atoms with Gasteiger partial charge in [-0.15, -0.1) is 87.4 Å². The summed E-state index contributed by atoms with van der Waals surface area (Å²) < 4.78 is 136. The maximum Gasteiger partial charge on any atom is 2.00 e. The van der Waals surface area contributed by atoms with Crippen molar-refractivity contribution in [2.45, 2.75) is 361 Å². The molecule has 21 nitrogen and oxygen atoms in total. The van der Waals surface area contributed by atoms with Crippen molar-refractivity contribution in [3.05, 3.63) is 144 Å². The Labute approximate surface area is 815 Å². The quantitative estimate of drug-likeness (QED) is 0.0272. The van der Waals surface area contributed by atoms with Crippen LogP contribution in [-0.4, -0.2) is 105 Å². The fourth-order valence-electron chi connectivity index (χ4n) is 19.0. The van der Waals surface area contributed by atoms with Gasteiger partial charge < -0.3 is 0 Å². The van der Waals surface area contributed by atoms with Crippen molar-refractivity contribution < 1.29 is 148 Å². The first-order valence-corrected chi connectivity index (χ1v) is 59.8. The topological polar surface area (TPSA) is 442 Å². The molecule has 8 aliphatic rings. The van der Waals surface area contributed by atoms with Gasteiger partial charge in [0, 0.05) is 63.5 Å². The van der Waals surface area contributed by atoms with Gasteiger partial charge in [-0.05, 0) is 255 Å². The van der Waals surface area contributed by atoms with E-state index in [-0.39, 0.29) is 75.3 Å². The molecule has 8 fully saturated rings. The Morgan fingerprint density at radius 1 is 0.276 bits per heavy atom. The van der Waals surface area contributed by atoms with Crippen molar-refractivity contribution in [3.8, 4) is 6.07 Å². The van der Waals surface area contributed by atoms with Gasteiger partial charge in [0.15, 0.2) is 0 Å². The van der Waals surface area contributed by atoms with E-state index in [1.54, 1.807) is 6.07 Å². The standard InChI is InChI=1S/4C22H34NP.C2H3N.2CH2Cl2.4ClHO4.2Ni/c4*1-19(20-11-5-2-6-12-20)23-17-18-24(21-13-7-3-8-14-21)22-15-9-4-10-16-22;1-2-3;2*2-1-3;4*2-1(3,4)5;;/h4*2,5-6,11-12,17,19,21-22H,3-4,7-10,13-16,18H2,1H3;1H3;2*1H2;4*(H,2,3,4,5);;/q;;;;;;;;;;;2*+2/t4*19-;;;;;;;;;/m0000........./s1. The molecule has 0 amide bonds. The molecule has 35 heteroatoms. The monoisotopic (exact) mass is 2100 g/mol. The summed E-state index contributed by atoms with van der Waals surface area (Å²) in [6, 6.07) is 46.0. The average Bonchev–Trinajstić information content (AvgIpc) is 0.861. The van der Waals surface area contributed by atoms with E-state index in [9.17, 15) is 0 Å². The Bertz CT molecular complexity index is 2840. The Kier molecular flexibility index (Phi) is 77.0. The van der Waals surface area contributed by atoms with Gasteiger partial charge in [-0.3, -0.25) is 20.0 Å². The van der Waals surface area contributed by atoms with Crippen molar-refractivity contribution in [2.24, 2.45) is 20.0 Å². The van der Waals surface area contributed by atoms with Crippen molar-refractivity contribution >= 4 is 103 Å². The van der Waals surface area contributed by atoms with Gasteiger partial charge in [0.1, 0.15) is 0 Å². The van der Waals surface area contributed by atoms with E-state index in [1.807, 2.05) is 0 Å². The van der Waals surface area contributed by atoms with Gasteiger partial charge in [0.05, 0.1) is 111 Å². The van der Waals surface area contributed by atoms with Crippen LogP contribution in [0.25, 0.3) is 0 Å². The minimum absolute atomic E-state index is 0. The Morgan fingerprint density at radius 3 is 0.480 bits per heavy atom. The third-order valence-corrected chi connectivity index (χ3v) is 40.4. The molecule has 127 heavy (non-hydrogen) atoms. The molecule has 0 aromatic heterocycles. The minimum atomic E-state index is -4.94. The summed E-state index contributed by atoms with van der Waals surface area (Å²) in [6.07, 6.45) is 74.6. The average molecular weight is 2100 g/mol. The van der Waals surface area contributed by atoms with Crippen molar-refractivity contribution in [1.29, 1.82) is 5.26 Å². The van der Waals surface area contributed by atoms with E-state index in [1.165, 1.54) is 311 Å². The number of nitriles is 1. The molecule has 0 spiro atoms. The fraction of sp³-hybridized carbons (Fsp3) is 0.685. The molecular formula is C92H147Cl8N5Ni2O16P4+4. The Balaban J connectivity index is 0.00000150. The fourth-order valence-corrected chi connectivity index (χ4v) is 34.8. The molecule has 8 aliphatic carbocycles. The molecular weight excluding hydrogens is 1960 g/mol. The maximum absolute atomic E-state index is 8.49. The van der Waals surface area contributed by atoms with E-state index < -0.39 is 41.0 Å². The first-order valence-electron chi connectivity index (χ1n) is 45.3. The van der Waals surface area contributed by atoms with Gasteiger partial charge in [0.25, 0.3) is 0 Å². The van der Waals surface area contributed by atoms with Gasteiger partial charge in [-0.2, -0.15) is 5.26 Å². The summed E-state index contributed by atoms with van der Waals surface area (Å²) in [5, 5.41) is 7.71. The predicted molar refractivity (Wildman–Crippen MR) is 486 cm³/mol. The molecule has 0 aliphatic heterocycles. The number of alkyl halides is 4. The Morgan fingerprint density at radius 2 is 0.378 bits per heavy atom. The van der Waals surface area contributed by atoms with E-state index in [0.29, 0.717) is 24.2 Å². The van der Waals surface area contributed by atoms with Gasteiger partial charge in [-0.25, -0.2) is 74.5 Å². The molecule has 0 radical (unpaired) electrons. The Hall–Kier alpha value is -0.563. The van der Waals surface area contributed by atoms with Gasteiger partial charge in [0.2, 0.25) is 0 Å². The van der Waals surface area contributed by atoms with Crippen LogP contribution >= 0.6 is 78.1 Å². The van der Waals surface area contributed by atoms with Crippen LogP contribution in [0.3, 0.4) is 0 Å². The molecule has 728 valence electrons. The summed E-state index contributed by atoms with van der Waals surface area (Å²) in [6.45, 7) is 10.4. The largest absolute Gasteiger partial charge is 2.00 e. The molecule has 0 bridgehead atoms. The number of hydrogen-bond donors (Lipinski definition) is 0. The van der Waals surface area contributed by atoms with Crippen LogP contribution < -0.4 is 74.5 Å². The number of rotatable bonds is 24. The molecule has 0 saturated heterocycles. The maximum atomic E-state index is 8.49. The zero-order valence-corrected chi connectivity index (χ0v) is 87.3. The normalized spacial score (nSPS) is 19.1. The van der Waals surface area contributed by atoms with E-state index >= 15 is 0 Å². The van der Waals surface area contributed by atoms with Crippen LogP contribution in [-0.2, 0) is 33.0 Å². The van der Waals surface area contributed by atoms with Crippen molar-refractivity contribution in [1.82, 2.24) is 0 Å². The van der Waals surface area contributed by atoms with Gasteiger partial charge in [-0.1, -0.05) is 173 Å². The molecule has 0 heterocycles. The molecule has 4 atom stereocenters. The third kappa shape index (κ3) is 68.2. The summed E-state index contributed by atoms with van der Waals surface area (Å²) >= 11 is 19.1. The van der Waals surface area contributed by atoms with Crippen LogP contribution in [0, 0.1) is 52.3 Å². The van der Waals surface area contributed by atoms with E-state index in [0.717, 1.165) is 45.3 Å². The number of aliphatic imine (C=N–C) groups is 4. The molecule has 8 saturated carbocycles. The zero-order valence-electron chi connectivity index (χ0n) is 75.2. The van der Waals surface area contributed by atoms with Crippen LogP contribution in [0.1, 0.15) is 338 Å². The van der Waals surface area contributed by atoms with E-state index in [4.69, 9.17) is 146 Å². The van der Waals surface area contributed by atoms with Crippen LogP contribution in [0.4, 0.5) is 0 Å². The zero-order chi connectivity index (χ0) is 92.6. The van der Waals surface area contributed by atoms with E-state index in [2.05, 4.69) is 174 Å². The first-order chi connectivity index (χ1) is 59.6. The van der Waals surface area contributed by atoms with Crippen LogP contribution in [0.2, 0.25) is 0 Å². The minimum Gasteiger partial charge on any atom is -0.286 e. The van der Waals surface area contributed by atoms with Crippen LogP contribution in [0.15, 0.2) is 141 Å². The third-order valence-electron chi connectivity index (χ3n) is 24.8. The van der Waals surface area contributed by atoms with Crippen LogP contribution in [0.5, 0.6) is 0 Å². The summed E-state index contributed by atoms with van der Waals surface area (Å²) in [5.74, 6) is 0. The second kappa shape index (κ2) is 77.4. The molecule has 0 unspecified atom stereocenters.